The molecular formula is C38H54ClN5O3. The molecule has 3 heterocycles. The number of fused-ring (bicyclic) bond motifs is 1. The lowest BCUT2D eigenvalue weighted by Gasteiger charge is -2.46. The lowest BCUT2D eigenvalue weighted by molar-refractivity contribution is -0.138. The molecule has 0 saturated carbocycles. The average molecular weight is 664 g/mol. The molecule has 2 atom stereocenters. The third-order valence-electron chi connectivity index (χ3n) is 10.2. The van der Waals surface area contributed by atoms with E-state index in [1.165, 1.54) is 11.1 Å². The van der Waals surface area contributed by atoms with Gasteiger partial charge in [0.15, 0.2) is 0 Å². The molecule has 3 amide bonds. The number of benzene rings is 2. The summed E-state index contributed by atoms with van der Waals surface area (Å²) in [5.41, 5.74) is 3.41. The fourth-order valence-corrected chi connectivity index (χ4v) is 7.84. The highest BCUT2D eigenvalue weighted by atomic mass is 35.5. The minimum absolute atomic E-state index is 0.0142. The van der Waals surface area contributed by atoms with Crippen LogP contribution in [0.1, 0.15) is 82.5 Å². The maximum Gasteiger partial charge on any atom is 0.245 e. The van der Waals surface area contributed by atoms with E-state index in [4.69, 9.17) is 11.6 Å². The van der Waals surface area contributed by atoms with Gasteiger partial charge in [-0.15, -0.1) is 0 Å². The number of amides is 3. The Hall–Kier alpha value is -2.94. The molecule has 0 unspecified atom stereocenters. The Balaban J connectivity index is 1.23. The van der Waals surface area contributed by atoms with Crippen LogP contribution in [-0.4, -0.2) is 89.8 Å². The van der Waals surface area contributed by atoms with Crippen molar-refractivity contribution in [3.05, 3.63) is 70.2 Å². The number of rotatable bonds is 11. The van der Waals surface area contributed by atoms with Crippen LogP contribution >= 0.6 is 11.6 Å². The molecule has 2 N–H and O–H groups in total. The molecule has 0 radical (unpaired) electrons. The van der Waals surface area contributed by atoms with Crippen LogP contribution in [0, 0.1) is 11.8 Å². The van der Waals surface area contributed by atoms with Crippen molar-refractivity contribution in [2.45, 2.75) is 96.8 Å². The van der Waals surface area contributed by atoms with E-state index in [9.17, 15) is 14.4 Å². The fraction of sp³-hybridized carbons (Fsp3) is 0.605. The van der Waals surface area contributed by atoms with Gasteiger partial charge in [0.2, 0.25) is 17.7 Å². The molecule has 5 rings (SSSR count). The maximum atomic E-state index is 14.1. The van der Waals surface area contributed by atoms with E-state index in [1.807, 2.05) is 60.0 Å². The van der Waals surface area contributed by atoms with Gasteiger partial charge in [0.1, 0.15) is 6.04 Å². The number of carbonyl (C=O) groups excluding carboxylic acids is 3. The van der Waals surface area contributed by atoms with Crippen LogP contribution < -0.4 is 10.6 Å². The average Bonchev–Trinajstić information content (AvgIpc) is 3.07. The SMILES string of the molecule is CC(C)CN(C1CCN(C(=O)C(C)C)CC1)C1CCN(C(=O)[C@@H](Cc2ccc(Cl)cc2)NC(=O)C[C@@H]2NCCc3ccccc32)CC1. The Morgan fingerprint density at radius 1 is 0.872 bits per heavy atom. The summed E-state index contributed by atoms with van der Waals surface area (Å²) in [6.45, 7) is 13.3. The van der Waals surface area contributed by atoms with E-state index in [-0.39, 0.29) is 36.1 Å². The van der Waals surface area contributed by atoms with Crippen LogP contribution in [0.15, 0.2) is 48.5 Å². The van der Waals surface area contributed by atoms with Gasteiger partial charge in [-0.25, -0.2) is 0 Å². The summed E-state index contributed by atoms with van der Waals surface area (Å²) in [6.07, 6.45) is 5.48. The first-order chi connectivity index (χ1) is 22.6. The molecule has 2 aromatic carbocycles. The number of nitrogens with one attached hydrogen (secondary N) is 2. The van der Waals surface area contributed by atoms with Crippen LogP contribution in [-0.2, 0) is 27.2 Å². The van der Waals surface area contributed by atoms with E-state index in [1.54, 1.807) is 0 Å². The smallest absolute Gasteiger partial charge is 0.245 e. The Morgan fingerprint density at radius 2 is 1.47 bits per heavy atom. The first kappa shape index (κ1) is 35.4. The van der Waals surface area contributed by atoms with Gasteiger partial charge in [0.05, 0.1) is 0 Å². The van der Waals surface area contributed by atoms with Crippen molar-refractivity contribution in [2.24, 2.45) is 11.8 Å². The van der Waals surface area contributed by atoms with E-state index in [2.05, 4.69) is 41.5 Å². The maximum absolute atomic E-state index is 14.1. The molecule has 47 heavy (non-hydrogen) atoms. The second-order valence-electron chi connectivity index (χ2n) is 14.5. The van der Waals surface area contributed by atoms with Crippen LogP contribution in [0.5, 0.6) is 0 Å². The van der Waals surface area contributed by atoms with Gasteiger partial charge in [-0.3, -0.25) is 19.3 Å². The number of halogens is 1. The van der Waals surface area contributed by atoms with Gasteiger partial charge in [-0.2, -0.15) is 0 Å². The van der Waals surface area contributed by atoms with Gasteiger partial charge in [-0.1, -0.05) is 75.7 Å². The second-order valence-corrected chi connectivity index (χ2v) is 14.9. The molecule has 0 spiro atoms. The Bertz CT molecular complexity index is 1350. The zero-order valence-corrected chi connectivity index (χ0v) is 29.5. The predicted octanol–water partition coefficient (Wildman–Crippen LogP) is 5.24. The zero-order valence-electron chi connectivity index (χ0n) is 28.7. The number of carbonyl (C=O) groups is 3. The standard InChI is InChI=1S/C38H54ClN5O3/c1-26(2)25-44(31-14-19-42(20-15-31)37(46)27(3)4)32-16-21-43(22-17-32)38(47)35(23-28-9-11-30(39)12-10-28)41-36(45)24-34-33-8-6-5-7-29(33)13-18-40-34/h5-12,26-27,31-32,34-35,40H,13-25H2,1-4H3,(H,41,45)/t34-,35+/m0/s1. The van der Waals surface area contributed by atoms with Crippen molar-refractivity contribution in [2.75, 3.05) is 39.3 Å². The number of piperidine rings is 2. The van der Waals surface area contributed by atoms with Gasteiger partial charge in [0.25, 0.3) is 0 Å². The lowest BCUT2D eigenvalue weighted by atomic mass is 9.92. The Morgan fingerprint density at radius 3 is 2.06 bits per heavy atom. The summed E-state index contributed by atoms with van der Waals surface area (Å²) in [5, 5.41) is 7.29. The molecule has 256 valence electrons. The van der Waals surface area contributed by atoms with Crippen molar-refractivity contribution in [1.82, 2.24) is 25.3 Å². The third-order valence-corrected chi connectivity index (χ3v) is 10.4. The highest BCUT2D eigenvalue weighted by molar-refractivity contribution is 6.30. The first-order valence-electron chi connectivity index (χ1n) is 17.8. The summed E-state index contributed by atoms with van der Waals surface area (Å²) in [4.78, 5) is 46.9. The monoisotopic (exact) mass is 663 g/mol. The number of hydrogen-bond acceptors (Lipinski definition) is 5. The summed E-state index contributed by atoms with van der Waals surface area (Å²) in [6, 6.07) is 16.0. The zero-order chi connectivity index (χ0) is 33.5. The first-order valence-corrected chi connectivity index (χ1v) is 18.1. The normalized spacial score (nSPS) is 20.0. The molecule has 9 heteroatoms. The molecule has 2 aromatic rings. The largest absolute Gasteiger partial charge is 0.344 e. The molecule has 3 aliphatic rings. The van der Waals surface area contributed by atoms with Gasteiger partial charge < -0.3 is 20.4 Å². The molecule has 0 aliphatic carbocycles. The van der Waals surface area contributed by atoms with E-state index >= 15 is 0 Å². The topological polar surface area (TPSA) is 85.0 Å². The van der Waals surface area contributed by atoms with E-state index in [0.717, 1.165) is 63.8 Å². The lowest BCUT2D eigenvalue weighted by Crippen LogP contribution is -2.57. The highest BCUT2D eigenvalue weighted by Crippen LogP contribution is 2.28. The van der Waals surface area contributed by atoms with E-state index < -0.39 is 6.04 Å². The van der Waals surface area contributed by atoms with Crippen LogP contribution in [0.2, 0.25) is 5.02 Å². The number of hydrogen-bond donors (Lipinski definition) is 2. The minimum Gasteiger partial charge on any atom is -0.344 e. The van der Waals surface area contributed by atoms with Crippen molar-refractivity contribution < 1.29 is 14.4 Å². The Kier molecular flexibility index (Phi) is 12.4. The molecule has 3 aliphatic heterocycles. The summed E-state index contributed by atoms with van der Waals surface area (Å²) in [7, 11) is 0. The number of likely N-dealkylation sites (tertiary alicyclic amines) is 2. The van der Waals surface area contributed by atoms with Crippen molar-refractivity contribution >= 4 is 29.3 Å². The predicted molar refractivity (Wildman–Crippen MR) is 188 cm³/mol. The fourth-order valence-electron chi connectivity index (χ4n) is 7.71. The molecule has 8 nitrogen and oxygen atoms in total. The van der Waals surface area contributed by atoms with Crippen molar-refractivity contribution in [3.63, 3.8) is 0 Å². The van der Waals surface area contributed by atoms with E-state index in [0.29, 0.717) is 42.5 Å². The summed E-state index contributed by atoms with van der Waals surface area (Å²) >= 11 is 6.15. The molecule has 2 saturated heterocycles. The third kappa shape index (κ3) is 9.36. The van der Waals surface area contributed by atoms with Crippen LogP contribution in [0.25, 0.3) is 0 Å². The molecular weight excluding hydrogens is 610 g/mol. The second kappa shape index (κ2) is 16.4. The summed E-state index contributed by atoms with van der Waals surface area (Å²) in [5.74, 6) is 0.695. The molecule has 0 bridgehead atoms. The quantitative estimate of drug-likeness (QED) is 0.344. The van der Waals surface area contributed by atoms with Gasteiger partial charge in [-0.05, 0) is 73.4 Å². The highest BCUT2D eigenvalue weighted by Gasteiger charge is 2.36. The molecule has 0 aromatic heterocycles. The Labute approximate surface area is 286 Å². The number of nitrogens with zero attached hydrogens (tertiary/aromatic N) is 3. The van der Waals surface area contributed by atoms with Crippen molar-refractivity contribution in [3.8, 4) is 0 Å². The van der Waals surface area contributed by atoms with Crippen molar-refractivity contribution in [1.29, 1.82) is 0 Å². The summed E-state index contributed by atoms with van der Waals surface area (Å²) < 4.78 is 0. The van der Waals surface area contributed by atoms with Crippen LogP contribution in [0.3, 0.4) is 0 Å². The minimum atomic E-state index is -0.645. The van der Waals surface area contributed by atoms with Gasteiger partial charge in [0, 0.05) is 74.6 Å². The molecule has 2 fully saturated rings. The van der Waals surface area contributed by atoms with Gasteiger partial charge >= 0.3 is 0 Å². The van der Waals surface area contributed by atoms with Crippen LogP contribution in [0.4, 0.5) is 0 Å².